The lowest BCUT2D eigenvalue weighted by Crippen LogP contribution is -2.38. The fraction of sp³-hybridized carbons (Fsp3) is 0.348. The predicted octanol–water partition coefficient (Wildman–Crippen LogP) is 3.18. The first kappa shape index (κ1) is 20.1. The molecule has 1 aromatic heterocycles. The molecule has 1 fully saturated rings. The second kappa shape index (κ2) is 9.11. The minimum Gasteiger partial charge on any atom is -0.378 e. The van der Waals surface area contributed by atoms with Crippen LogP contribution in [0.25, 0.3) is 5.69 Å². The first-order chi connectivity index (χ1) is 15.3. The maximum absolute atomic E-state index is 13.1. The number of morpholine rings is 1. The van der Waals surface area contributed by atoms with E-state index in [1.165, 1.54) is 17.3 Å². The van der Waals surface area contributed by atoms with Crippen molar-refractivity contribution in [2.45, 2.75) is 18.0 Å². The third kappa shape index (κ3) is 4.18. The molecule has 0 spiro atoms. The highest BCUT2D eigenvalue weighted by Gasteiger charge is 2.25. The van der Waals surface area contributed by atoms with E-state index in [2.05, 4.69) is 21.2 Å². The molecule has 8 heteroatoms. The van der Waals surface area contributed by atoms with Crippen LogP contribution in [0, 0.1) is 0 Å². The molecule has 0 N–H and O–H groups in total. The highest BCUT2D eigenvalue weighted by Crippen LogP contribution is 2.30. The Labute approximate surface area is 186 Å². The van der Waals surface area contributed by atoms with Crippen LogP contribution >= 0.6 is 11.8 Å². The number of anilines is 2. The van der Waals surface area contributed by atoms with Crippen LogP contribution in [0.5, 0.6) is 0 Å². The van der Waals surface area contributed by atoms with Crippen LogP contribution < -0.4 is 9.80 Å². The van der Waals surface area contributed by atoms with Crippen molar-refractivity contribution in [1.29, 1.82) is 0 Å². The smallest absolute Gasteiger partial charge is 0.237 e. The molecule has 160 valence electrons. The zero-order valence-electron chi connectivity index (χ0n) is 17.3. The zero-order valence-corrected chi connectivity index (χ0v) is 18.1. The van der Waals surface area contributed by atoms with Gasteiger partial charge in [-0.3, -0.25) is 9.36 Å². The van der Waals surface area contributed by atoms with Crippen LogP contribution in [-0.2, 0) is 16.0 Å². The van der Waals surface area contributed by atoms with Gasteiger partial charge in [0.1, 0.15) is 0 Å². The largest absolute Gasteiger partial charge is 0.378 e. The number of amides is 1. The van der Waals surface area contributed by atoms with Crippen molar-refractivity contribution in [1.82, 2.24) is 14.8 Å². The van der Waals surface area contributed by atoms with Crippen molar-refractivity contribution in [3.05, 3.63) is 60.2 Å². The van der Waals surface area contributed by atoms with Gasteiger partial charge in [0.15, 0.2) is 5.16 Å². The Bertz CT molecular complexity index is 1050. The van der Waals surface area contributed by atoms with E-state index in [1.54, 1.807) is 0 Å². The van der Waals surface area contributed by atoms with Crippen LogP contribution in [-0.4, -0.2) is 59.3 Å². The SMILES string of the molecule is O=C(CSc1nnc(N2CCOCC2)n1-c1ccccc1)N1CCCc2ccccc21. The third-order valence-corrected chi connectivity index (χ3v) is 6.57. The Morgan fingerprint density at radius 2 is 1.74 bits per heavy atom. The number of thioether (sulfide) groups is 1. The van der Waals surface area contributed by atoms with E-state index in [-0.39, 0.29) is 5.91 Å². The molecular weight excluding hydrogens is 410 g/mol. The van der Waals surface area contributed by atoms with Gasteiger partial charge in [-0.2, -0.15) is 0 Å². The van der Waals surface area contributed by atoms with E-state index in [0.29, 0.717) is 19.0 Å². The monoisotopic (exact) mass is 435 g/mol. The van der Waals surface area contributed by atoms with E-state index in [4.69, 9.17) is 4.74 Å². The average molecular weight is 436 g/mol. The van der Waals surface area contributed by atoms with Gasteiger partial charge >= 0.3 is 0 Å². The van der Waals surface area contributed by atoms with E-state index < -0.39 is 0 Å². The number of para-hydroxylation sites is 2. The van der Waals surface area contributed by atoms with E-state index >= 15 is 0 Å². The minimum atomic E-state index is 0.104. The maximum atomic E-state index is 13.1. The Kier molecular flexibility index (Phi) is 5.90. The number of ether oxygens (including phenoxy) is 1. The molecule has 7 nitrogen and oxygen atoms in total. The quantitative estimate of drug-likeness (QED) is 0.574. The van der Waals surface area contributed by atoms with Crippen molar-refractivity contribution in [2.24, 2.45) is 0 Å². The molecule has 0 atom stereocenters. The molecule has 3 aromatic rings. The van der Waals surface area contributed by atoms with Crippen molar-refractivity contribution < 1.29 is 9.53 Å². The van der Waals surface area contributed by atoms with Crippen LogP contribution in [0.15, 0.2) is 59.8 Å². The van der Waals surface area contributed by atoms with Gasteiger partial charge in [-0.05, 0) is 36.6 Å². The molecule has 5 rings (SSSR count). The molecule has 0 unspecified atom stereocenters. The van der Waals surface area contributed by atoms with Gasteiger partial charge in [-0.25, -0.2) is 0 Å². The lowest BCUT2D eigenvalue weighted by Gasteiger charge is -2.29. The lowest BCUT2D eigenvalue weighted by atomic mass is 10.0. The highest BCUT2D eigenvalue weighted by atomic mass is 32.2. The second-order valence-corrected chi connectivity index (χ2v) is 8.56. The number of aromatic nitrogens is 3. The van der Waals surface area contributed by atoms with Gasteiger partial charge in [0.25, 0.3) is 0 Å². The van der Waals surface area contributed by atoms with Crippen LogP contribution in [0.4, 0.5) is 11.6 Å². The number of carbonyl (C=O) groups is 1. The van der Waals surface area contributed by atoms with Gasteiger partial charge < -0.3 is 14.5 Å². The zero-order chi connectivity index (χ0) is 21.0. The molecule has 0 radical (unpaired) electrons. The lowest BCUT2D eigenvalue weighted by molar-refractivity contribution is -0.116. The number of hydrogen-bond acceptors (Lipinski definition) is 6. The maximum Gasteiger partial charge on any atom is 0.237 e. The Hall–Kier alpha value is -2.84. The van der Waals surface area contributed by atoms with Gasteiger partial charge in [-0.1, -0.05) is 48.2 Å². The fourth-order valence-corrected chi connectivity index (χ4v) is 4.95. The molecule has 1 saturated heterocycles. The van der Waals surface area contributed by atoms with Gasteiger partial charge in [0.05, 0.1) is 24.7 Å². The van der Waals surface area contributed by atoms with Crippen LogP contribution in [0.3, 0.4) is 0 Å². The Morgan fingerprint density at radius 3 is 2.58 bits per heavy atom. The number of carbonyl (C=O) groups excluding carboxylic acids is 1. The van der Waals surface area contributed by atoms with E-state index in [9.17, 15) is 4.79 Å². The van der Waals surface area contributed by atoms with Gasteiger partial charge in [-0.15, -0.1) is 10.2 Å². The number of fused-ring (bicyclic) bond motifs is 1. The summed E-state index contributed by atoms with van der Waals surface area (Å²) in [7, 11) is 0. The molecule has 3 heterocycles. The van der Waals surface area contributed by atoms with E-state index in [0.717, 1.165) is 55.0 Å². The summed E-state index contributed by atoms with van der Waals surface area (Å²) in [5.74, 6) is 1.23. The normalized spacial score (nSPS) is 16.3. The second-order valence-electron chi connectivity index (χ2n) is 7.62. The molecule has 1 amide bonds. The Morgan fingerprint density at radius 1 is 0.968 bits per heavy atom. The molecule has 2 aliphatic rings. The minimum absolute atomic E-state index is 0.104. The fourth-order valence-electron chi connectivity index (χ4n) is 4.12. The highest BCUT2D eigenvalue weighted by molar-refractivity contribution is 7.99. The molecule has 31 heavy (non-hydrogen) atoms. The molecule has 0 aliphatic carbocycles. The number of rotatable bonds is 5. The summed E-state index contributed by atoms with van der Waals surface area (Å²) in [6.45, 7) is 3.67. The van der Waals surface area contributed by atoms with Crippen LogP contribution in [0.1, 0.15) is 12.0 Å². The first-order valence-corrected chi connectivity index (χ1v) is 11.6. The topological polar surface area (TPSA) is 63.5 Å². The summed E-state index contributed by atoms with van der Waals surface area (Å²) >= 11 is 1.44. The van der Waals surface area contributed by atoms with Crippen molar-refractivity contribution >= 4 is 29.3 Å². The molecule has 0 saturated carbocycles. The number of aryl methyl sites for hydroxylation is 1. The summed E-state index contributed by atoms with van der Waals surface area (Å²) in [6, 6.07) is 18.3. The summed E-state index contributed by atoms with van der Waals surface area (Å²) in [5.41, 5.74) is 3.28. The molecular formula is C23H25N5O2S. The average Bonchev–Trinajstić information content (AvgIpc) is 3.27. The van der Waals surface area contributed by atoms with Gasteiger partial charge in [0, 0.05) is 25.3 Å². The summed E-state index contributed by atoms with van der Waals surface area (Å²) in [6.07, 6.45) is 2.02. The first-order valence-electron chi connectivity index (χ1n) is 10.7. The number of hydrogen-bond donors (Lipinski definition) is 0. The van der Waals surface area contributed by atoms with Crippen molar-refractivity contribution in [3.63, 3.8) is 0 Å². The van der Waals surface area contributed by atoms with Crippen molar-refractivity contribution in [2.75, 3.05) is 48.4 Å². The summed E-state index contributed by atoms with van der Waals surface area (Å²) in [5, 5.41) is 9.66. The molecule has 2 aromatic carbocycles. The predicted molar refractivity (Wildman–Crippen MR) is 122 cm³/mol. The van der Waals surface area contributed by atoms with Crippen molar-refractivity contribution in [3.8, 4) is 5.69 Å². The third-order valence-electron chi connectivity index (χ3n) is 5.66. The Balaban J connectivity index is 1.38. The molecule has 2 aliphatic heterocycles. The standard InChI is InChI=1S/C23H25N5O2S/c29-21(27-12-6-8-18-7-4-5-11-20(18)27)17-31-23-25-24-22(26-13-15-30-16-14-26)28(23)19-9-2-1-3-10-19/h1-5,7,9-11H,6,8,12-17H2. The molecule has 0 bridgehead atoms. The number of nitrogens with zero attached hydrogens (tertiary/aromatic N) is 5. The number of benzene rings is 2. The summed E-state index contributed by atoms with van der Waals surface area (Å²) in [4.78, 5) is 17.2. The van der Waals surface area contributed by atoms with Crippen LogP contribution in [0.2, 0.25) is 0 Å². The van der Waals surface area contributed by atoms with Gasteiger partial charge in [0.2, 0.25) is 11.9 Å². The van der Waals surface area contributed by atoms with E-state index in [1.807, 2.05) is 58.0 Å². The summed E-state index contributed by atoms with van der Waals surface area (Å²) < 4.78 is 7.54.